The Balaban J connectivity index is 1.51. The maximum Gasteiger partial charge on any atom is 0.238 e. The summed E-state index contributed by atoms with van der Waals surface area (Å²) in [4.78, 5) is 28.1. The quantitative estimate of drug-likeness (QED) is 0.596. The van der Waals surface area contributed by atoms with Gasteiger partial charge in [0.1, 0.15) is 11.1 Å². The van der Waals surface area contributed by atoms with Crippen LogP contribution in [0.2, 0.25) is 0 Å². The van der Waals surface area contributed by atoms with Crippen molar-refractivity contribution < 1.29 is 9.59 Å². The standard InChI is InChI=1S/C25H32N4O2S/c1-16-12-17(2)24(18(3)13-16)27-23(31)15-29(4)11-10-22(30)28-25-20(14-26)19-8-6-5-7-9-21(19)32-25/h12-13H,5-11,15H2,1-4H3,(H,27,31)(H,28,30). The van der Waals surface area contributed by atoms with Gasteiger partial charge in [0.2, 0.25) is 11.8 Å². The lowest BCUT2D eigenvalue weighted by Gasteiger charge is -2.18. The van der Waals surface area contributed by atoms with Gasteiger partial charge in [-0.2, -0.15) is 5.26 Å². The van der Waals surface area contributed by atoms with Crippen LogP contribution in [0.4, 0.5) is 10.7 Å². The zero-order valence-electron chi connectivity index (χ0n) is 19.4. The summed E-state index contributed by atoms with van der Waals surface area (Å²) in [7, 11) is 1.83. The molecular formula is C25H32N4O2S. The molecule has 2 N–H and O–H groups in total. The van der Waals surface area contributed by atoms with E-state index in [1.807, 2.05) is 32.7 Å². The lowest BCUT2D eigenvalue weighted by Crippen LogP contribution is -2.32. The van der Waals surface area contributed by atoms with Gasteiger partial charge in [-0.15, -0.1) is 11.3 Å². The van der Waals surface area contributed by atoms with Gasteiger partial charge in [0, 0.05) is 23.5 Å². The summed E-state index contributed by atoms with van der Waals surface area (Å²) in [6.07, 6.45) is 5.60. The summed E-state index contributed by atoms with van der Waals surface area (Å²) in [6.45, 7) is 6.68. The second-order valence-corrected chi connectivity index (χ2v) is 9.84. The van der Waals surface area contributed by atoms with Crippen LogP contribution in [0.25, 0.3) is 0 Å². The van der Waals surface area contributed by atoms with Crippen molar-refractivity contribution in [2.75, 3.05) is 30.8 Å². The number of nitriles is 1. The Morgan fingerprint density at radius 2 is 1.75 bits per heavy atom. The van der Waals surface area contributed by atoms with E-state index in [2.05, 4.69) is 28.8 Å². The molecule has 0 fully saturated rings. The molecule has 170 valence electrons. The van der Waals surface area contributed by atoms with Crippen molar-refractivity contribution in [1.29, 1.82) is 5.26 Å². The molecule has 1 heterocycles. The second-order valence-electron chi connectivity index (χ2n) is 8.74. The van der Waals surface area contributed by atoms with E-state index in [1.54, 1.807) is 11.3 Å². The number of benzene rings is 1. The monoisotopic (exact) mass is 452 g/mol. The van der Waals surface area contributed by atoms with Crippen LogP contribution in [0.15, 0.2) is 12.1 Å². The van der Waals surface area contributed by atoms with Gasteiger partial charge in [0.25, 0.3) is 0 Å². The van der Waals surface area contributed by atoms with E-state index >= 15 is 0 Å². The number of aryl methyl sites for hydroxylation is 4. The molecule has 1 aromatic heterocycles. The maximum atomic E-state index is 12.5. The van der Waals surface area contributed by atoms with Gasteiger partial charge >= 0.3 is 0 Å². The Hall–Kier alpha value is -2.69. The van der Waals surface area contributed by atoms with Gasteiger partial charge in [-0.1, -0.05) is 24.1 Å². The summed E-state index contributed by atoms with van der Waals surface area (Å²) in [5, 5.41) is 16.2. The summed E-state index contributed by atoms with van der Waals surface area (Å²) in [6, 6.07) is 6.40. The van der Waals surface area contributed by atoms with Crippen LogP contribution < -0.4 is 10.6 Å². The van der Waals surface area contributed by atoms with Crippen LogP contribution >= 0.6 is 11.3 Å². The zero-order valence-corrected chi connectivity index (χ0v) is 20.2. The molecule has 0 spiro atoms. The van der Waals surface area contributed by atoms with Gasteiger partial charge in [0.05, 0.1) is 12.1 Å². The first-order chi connectivity index (χ1) is 15.3. The van der Waals surface area contributed by atoms with E-state index in [-0.39, 0.29) is 24.8 Å². The predicted molar refractivity (Wildman–Crippen MR) is 130 cm³/mol. The number of thiophene rings is 1. The number of hydrogen-bond acceptors (Lipinski definition) is 5. The van der Waals surface area contributed by atoms with E-state index < -0.39 is 0 Å². The third-order valence-corrected chi connectivity index (χ3v) is 7.07. The molecule has 0 atom stereocenters. The Labute approximate surface area is 194 Å². The third-order valence-electron chi connectivity index (χ3n) is 5.86. The van der Waals surface area contributed by atoms with Crippen LogP contribution in [0, 0.1) is 32.1 Å². The van der Waals surface area contributed by atoms with Crippen molar-refractivity contribution in [2.24, 2.45) is 0 Å². The first kappa shape index (κ1) is 24.0. The van der Waals surface area contributed by atoms with Gasteiger partial charge in [-0.3, -0.25) is 14.5 Å². The molecule has 0 saturated heterocycles. The minimum Gasteiger partial charge on any atom is -0.324 e. The lowest BCUT2D eigenvalue weighted by atomic mass is 10.1. The number of carbonyl (C=O) groups excluding carboxylic acids is 2. The molecule has 0 saturated carbocycles. The highest BCUT2D eigenvalue weighted by atomic mass is 32.1. The van der Waals surface area contributed by atoms with E-state index in [0.717, 1.165) is 48.1 Å². The Morgan fingerprint density at radius 3 is 2.44 bits per heavy atom. The number of hydrogen-bond donors (Lipinski definition) is 2. The number of rotatable bonds is 7. The molecule has 0 unspecified atom stereocenters. The number of amides is 2. The van der Waals surface area contributed by atoms with Crippen molar-refractivity contribution in [3.05, 3.63) is 44.8 Å². The average Bonchev–Trinajstić information content (AvgIpc) is 2.88. The molecule has 0 aliphatic heterocycles. The number of likely N-dealkylation sites (N-methyl/N-ethyl adjacent to an activating group) is 1. The molecule has 6 nitrogen and oxygen atoms in total. The van der Waals surface area contributed by atoms with Gasteiger partial charge in [-0.05, 0) is 70.2 Å². The fourth-order valence-corrected chi connectivity index (χ4v) is 5.57. The van der Waals surface area contributed by atoms with E-state index in [9.17, 15) is 14.9 Å². The van der Waals surface area contributed by atoms with E-state index in [1.165, 1.54) is 16.9 Å². The predicted octanol–water partition coefficient (Wildman–Crippen LogP) is 4.71. The van der Waals surface area contributed by atoms with Crippen LogP contribution in [0.1, 0.15) is 58.4 Å². The fourth-order valence-electron chi connectivity index (χ4n) is 4.31. The minimum absolute atomic E-state index is 0.100. The first-order valence-corrected chi connectivity index (χ1v) is 12.0. The van der Waals surface area contributed by atoms with Gasteiger partial charge in [-0.25, -0.2) is 0 Å². The van der Waals surface area contributed by atoms with Crippen molar-refractivity contribution in [2.45, 2.75) is 59.3 Å². The largest absolute Gasteiger partial charge is 0.324 e. The highest BCUT2D eigenvalue weighted by molar-refractivity contribution is 7.16. The SMILES string of the molecule is Cc1cc(C)c(NC(=O)CN(C)CCC(=O)Nc2sc3c(c2C#N)CCCCC3)c(C)c1. The highest BCUT2D eigenvalue weighted by Gasteiger charge is 2.21. The summed E-state index contributed by atoms with van der Waals surface area (Å²) < 4.78 is 0. The van der Waals surface area contributed by atoms with Crippen molar-refractivity contribution in [3.8, 4) is 6.07 Å². The summed E-state index contributed by atoms with van der Waals surface area (Å²) >= 11 is 1.55. The first-order valence-electron chi connectivity index (χ1n) is 11.2. The summed E-state index contributed by atoms with van der Waals surface area (Å²) in [5.41, 5.74) is 5.87. The Morgan fingerprint density at radius 1 is 1.06 bits per heavy atom. The average molecular weight is 453 g/mol. The molecule has 1 aliphatic rings. The lowest BCUT2D eigenvalue weighted by molar-refractivity contribution is -0.119. The number of anilines is 2. The number of nitrogens with zero attached hydrogens (tertiary/aromatic N) is 2. The molecule has 1 aromatic carbocycles. The van der Waals surface area contributed by atoms with Crippen LogP contribution in [-0.2, 0) is 22.4 Å². The highest BCUT2D eigenvalue weighted by Crippen LogP contribution is 2.37. The maximum absolute atomic E-state index is 12.5. The van der Waals surface area contributed by atoms with E-state index in [0.29, 0.717) is 17.1 Å². The fraction of sp³-hybridized carbons (Fsp3) is 0.480. The van der Waals surface area contributed by atoms with Crippen LogP contribution in [0.5, 0.6) is 0 Å². The molecular weight excluding hydrogens is 420 g/mol. The smallest absolute Gasteiger partial charge is 0.238 e. The van der Waals surface area contributed by atoms with Crippen molar-refractivity contribution >= 4 is 33.8 Å². The minimum atomic E-state index is -0.129. The molecule has 7 heteroatoms. The summed E-state index contributed by atoms with van der Waals surface area (Å²) in [5.74, 6) is -0.230. The van der Waals surface area contributed by atoms with Gasteiger partial charge < -0.3 is 10.6 Å². The number of carbonyl (C=O) groups is 2. The number of fused-ring (bicyclic) bond motifs is 1. The van der Waals surface area contributed by atoms with Crippen LogP contribution in [0.3, 0.4) is 0 Å². The molecule has 32 heavy (non-hydrogen) atoms. The topological polar surface area (TPSA) is 85.2 Å². The van der Waals surface area contributed by atoms with E-state index in [4.69, 9.17) is 0 Å². The van der Waals surface area contributed by atoms with Crippen molar-refractivity contribution in [3.63, 3.8) is 0 Å². The number of nitrogens with one attached hydrogen (secondary N) is 2. The van der Waals surface area contributed by atoms with Crippen molar-refractivity contribution in [1.82, 2.24) is 4.90 Å². The normalized spacial score (nSPS) is 13.2. The molecule has 0 bridgehead atoms. The molecule has 3 rings (SSSR count). The molecule has 2 amide bonds. The van der Waals surface area contributed by atoms with Crippen LogP contribution in [-0.4, -0.2) is 36.9 Å². The molecule has 0 radical (unpaired) electrons. The molecule has 1 aliphatic carbocycles. The zero-order chi connectivity index (χ0) is 23.3. The molecule has 2 aromatic rings. The second kappa shape index (κ2) is 10.8. The Kier molecular flexibility index (Phi) is 8.05. The van der Waals surface area contributed by atoms with Gasteiger partial charge in [0.15, 0.2) is 0 Å². The Bertz CT molecular complexity index is 1030. The third kappa shape index (κ3) is 5.96.